The number of amides is 1. The molecule has 0 spiro atoms. The van der Waals surface area contributed by atoms with E-state index in [2.05, 4.69) is 0 Å². The fourth-order valence-electron chi connectivity index (χ4n) is 1.89. The Morgan fingerprint density at radius 3 is 2.72 bits per heavy atom. The van der Waals surface area contributed by atoms with Crippen LogP contribution in [0, 0.1) is 6.92 Å². The van der Waals surface area contributed by atoms with E-state index in [1.54, 1.807) is 30.0 Å². The Morgan fingerprint density at radius 2 is 2.17 bits per heavy atom. The van der Waals surface area contributed by atoms with Crippen LogP contribution in [0.15, 0.2) is 41.0 Å². The summed E-state index contributed by atoms with van der Waals surface area (Å²) in [7, 11) is 0. The SMILES string of the molecule is CCN(C(=O)c1ccoc1C)c1cccc(N)c1. The van der Waals surface area contributed by atoms with Gasteiger partial charge in [-0.2, -0.15) is 0 Å². The third-order valence-electron chi connectivity index (χ3n) is 2.83. The van der Waals surface area contributed by atoms with E-state index in [0.717, 1.165) is 5.69 Å². The van der Waals surface area contributed by atoms with Crippen LogP contribution in [-0.4, -0.2) is 12.5 Å². The molecule has 0 fully saturated rings. The quantitative estimate of drug-likeness (QED) is 0.844. The molecule has 0 bridgehead atoms. The van der Waals surface area contributed by atoms with Crippen molar-refractivity contribution in [2.24, 2.45) is 0 Å². The van der Waals surface area contributed by atoms with Gasteiger partial charge in [-0.3, -0.25) is 4.79 Å². The summed E-state index contributed by atoms with van der Waals surface area (Å²) in [6, 6.07) is 8.98. The highest BCUT2D eigenvalue weighted by Gasteiger charge is 2.19. The van der Waals surface area contributed by atoms with Gasteiger partial charge in [0.05, 0.1) is 11.8 Å². The number of hydrogen-bond donors (Lipinski definition) is 1. The minimum absolute atomic E-state index is 0.0747. The van der Waals surface area contributed by atoms with Gasteiger partial charge in [-0.05, 0) is 38.1 Å². The van der Waals surface area contributed by atoms with Gasteiger partial charge in [0.1, 0.15) is 5.76 Å². The first-order chi connectivity index (χ1) is 8.63. The van der Waals surface area contributed by atoms with Crippen LogP contribution in [-0.2, 0) is 0 Å². The molecular weight excluding hydrogens is 228 g/mol. The van der Waals surface area contributed by atoms with Gasteiger partial charge in [-0.15, -0.1) is 0 Å². The predicted octanol–water partition coefficient (Wildman–Crippen LogP) is 2.84. The molecule has 1 amide bonds. The molecule has 0 atom stereocenters. The molecule has 1 aromatic carbocycles. The van der Waals surface area contributed by atoms with Crippen LogP contribution in [0.3, 0.4) is 0 Å². The molecular formula is C14H16N2O2. The summed E-state index contributed by atoms with van der Waals surface area (Å²) in [5.74, 6) is 0.553. The van der Waals surface area contributed by atoms with Crippen LogP contribution < -0.4 is 10.6 Å². The number of nitrogens with two attached hydrogens (primary N) is 1. The molecule has 0 unspecified atom stereocenters. The van der Waals surface area contributed by atoms with Crippen molar-refractivity contribution in [3.63, 3.8) is 0 Å². The van der Waals surface area contributed by atoms with E-state index in [9.17, 15) is 4.79 Å². The molecule has 2 N–H and O–H groups in total. The zero-order valence-corrected chi connectivity index (χ0v) is 10.5. The number of furan rings is 1. The van der Waals surface area contributed by atoms with E-state index in [-0.39, 0.29) is 5.91 Å². The third kappa shape index (κ3) is 2.22. The van der Waals surface area contributed by atoms with Crippen molar-refractivity contribution in [3.05, 3.63) is 47.9 Å². The van der Waals surface area contributed by atoms with Gasteiger partial charge in [0, 0.05) is 17.9 Å². The Morgan fingerprint density at radius 1 is 1.39 bits per heavy atom. The molecule has 0 aliphatic heterocycles. The summed E-state index contributed by atoms with van der Waals surface area (Å²) >= 11 is 0. The average molecular weight is 244 g/mol. The lowest BCUT2D eigenvalue weighted by Crippen LogP contribution is -2.30. The number of nitrogens with zero attached hydrogens (tertiary/aromatic N) is 1. The summed E-state index contributed by atoms with van der Waals surface area (Å²) in [6.45, 7) is 4.28. The van der Waals surface area contributed by atoms with Gasteiger partial charge in [0.2, 0.25) is 0 Å². The van der Waals surface area contributed by atoms with Crippen molar-refractivity contribution >= 4 is 17.3 Å². The van der Waals surface area contributed by atoms with Crippen LogP contribution in [0.2, 0.25) is 0 Å². The molecule has 1 aromatic heterocycles. The normalized spacial score (nSPS) is 10.3. The summed E-state index contributed by atoms with van der Waals surface area (Å²) < 4.78 is 5.17. The summed E-state index contributed by atoms with van der Waals surface area (Å²) in [5.41, 5.74) is 7.76. The van der Waals surface area contributed by atoms with Crippen molar-refractivity contribution in [1.29, 1.82) is 0 Å². The van der Waals surface area contributed by atoms with Crippen molar-refractivity contribution in [3.8, 4) is 0 Å². The molecule has 0 radical (unpaired) electrons. The number of carbonyl (C=O) groups is 1. The van der Waals surface area contributed by atoms with Crippen LogP contribution in [0.4, 0.5) is 11.4 Å². The Hall–Kier alpha value is -2.23. The number of anilines is 2. The fourth-order valence-corrected chi connectivity index (χ4v) is 1.89. The number of nitrogen functional groups attached to an aromatic ring is 1. The van der Waals surface area contributed by atoms with E-state index < -0.39 is 0 Å². The molecule has 1 heterocycles. The Kier molecular flexibility index (Phi) is 3.37. The minimum Gasteiger partial charge on any atom is -0.469 e. The highest BCUT2D eigenvalue weighted by atomic mass is 16.3. The molecule has 0 aliphatic rings. The molecule has 0 aliphatic carbocycles. The zero-order chi connectivity index (χ0) is 13.1. The number of benzene rings is 1. The number of aryl methyl sites for hydroxylation is 1. The maximum absolute atomic E-state index is 12.4. The maximum atomic E-state index is 12.4. The van der Waals surface area contributed by atoms with Gasteiger partial charge in [-0.1, -0.05) is 6.07 Å². The Balaban J connectivity index is 2.35. The van der Waals surface area contributed by atoms with Crippen molar-refractivity contribution < 1.29 is 9.21 Å². The number of carbonyl (C=O) groups excluding carboxylic acids is 1. The fraction of sp³-hybridized carbons (Fsp3) is 0.214. The summed E-state index contributed by atoms with van der Waals surface area (Å²) in [5, 5.41) is 0. The smallest absolute Gasteiger partial charge is 0.261 e. The van der Waals surface area contributed by atoms with Crippen molar-refractivity contribution in [2.45, 2.75) is 13.8 Å². The second kappa shape index (κ2) is 4.96. The molecule has 4 nitrogen and oxygen atoms in total. The van der Waals surface area contributed by atoms with Gasteiger partial charge in [0.25, 0.3) is 5.91 Å². The molecule has 0 saturated heterocycles. The summed E-state index contributed by atoms with van der Waals surface area (Å²) in [4.78, 5) is 14.1. The lowest BCUT2D eigenvalue weighted by Gasteiger charge is -2.21. The maximum Gasteiger partial charge on any atom is 0.261 e. The van der Waals surface area contributed by atoms with E-state index in [1.165, 1.54) is 6.26 Å². The van der Waals surface area contributed by atoms with E-state index in [4.69, 9.17) is 10.2 Å². The Labute approximate surface area is 106 Å². The first-order valence-corrected chi connectivity index (χ1v) is 5.85. The summed E-state index contributed by atoms with van der Waals surface area (Å²) in [6.07, 6.45) is 1.52. The van der Waals surface area contributed by atoms with E-state index >= 15 is 0 Å². The molecule has 0 saturated carbocycles. The second-order valence-corrected chi connectivity index (χ2v) is 4.03. The molecule has 4 heteroatoms. The van der Waals surface area contributed by atoms with Gasteiger partial charge in [0.15, 0.2) is 0 Å². The van der Waals surface area contributed by atoms with Crippen molar-refractivity contribution in [1.82, 2.24) is 0 Å². The minimum atomic E-state index is -0.0747. The van der Waals surface area contributed by atoms with E-state index in [1.807, 2.05) is 19.1 Å². The van der Waals surface area contributed by atoms with Gasteiger partial charge >= 0.3 is 0 Å². The molecule has 94 valence electrons. The van der Waals surface area contributed by atoms with Gasteiger partial charge < -0.3 is 15.1 Å². The lowest BCUT2D eigenvalue weighted by atomic mass is 10.2. The lowest BCUT2D eigenvalue weighted by molar-refractivity contribution is 0.0987. The topological polar surface area (TPSA) is 59.5 Å². The van der Waals surface area contributed by atoms with Crippen LogP contribution in [0.25, 0.3) is 0 Å². The Bertz CT molecular complexity index is 560. The molecule has 2 rings (SSSR count). The number of rotatable bonds is 3. The first-order valence-electron chi connectivity index (χ1n) is 5.85. The number of hydrogen-bond acceptors (Lipinski definition) is 3. The standard InChI is InChI=1S/C14H16N2O2/c1-3-16(12-6-4-5-11(15)9-12)14(17)13-7-8-18-10(13)2/h4-9H,3,15H2,1-2H3. The third-order valence-corrected chi connectivity index (χ3v) is 2.83. The predicted molar refractivity (Wildman–Crippen MR) is 71.6 cm³/mol. The average Bonchev–Trinajstić information content (AvgIpc) is 2.76. The zero-order valence-electron chi connectivity index (χ0n) is 10.5. The second-order valence-electron chi connectivity index (χ2n) is 4.03. The molecule has 18 heavy (non-hydrogen) atoms. The van der Waals surface area contributed by atoms with E-state index in [0.29, 0.717) is 23.6 Å². The van der Waals surface area contributed by atoms with Gasteiger partial charge in [-0.25, -0.2) is 0 Å². The largest absolute Gasteiger partial charge is 0.469 e. The monoisotopic (exact) mass is 244 g/mol. The van der Waals surface area contributed by atoms with Crippen molar-refractivity contribution in [2.75, 3.05) is 17.2 Å². The van der Waals surface area contributed by atoms with Crippen LogP contribution >= 0.6 is 0 Å². The highest BCUT2D eigenvalue weighted by molar-refractivity contribution is 6.06. The van der Waals surface area contributed by atoms with Crippen LogP contribution in [0.1, 0.15) is 23.0 Å². The van der Waals surface area contributed by atoms with Crippen LogP contribution in [0.5, 0.6) is 0 Å². The highest BCUT2D eigenvalue weighted by Crippen LogP contribution is 2.21. The first kappa shape index (κ1) is 12.2. The molecule has 2 aromatic rings.